The van der Waals surface area contributed by atoms with Crippen molar-refractivity contribution in [2.45, 2.75) is 19.6 Å². The Kier molecular flexibility index (Phi) is 12.6. The molecule has 19 heavy (non-hydrogen) atoms. The van der Waals surface area contributed by atoms with Crippen LogP contribution in [-0.4, -0.2) is 43.2 Å². The van der Waals surface area contributed by atoms with Crippen molar-refractivity contribution < 1.29 is 4.74 Å². The molecule has 1 aromatic heterocycles. The van der Waals surface area contributed by atoms with Gasteiger partial charge in [-0.15, -0.1) is 48.6 Å². The van der Waals surface area contributed by atoms with Crippen molar-refractivity contribution in [1.82, 2.24) is 15.2 Å². The first kappa shape index (κ1) is 21.7. The Labute approximate surface area is 137 Å². The van der Waals surface area contributed by atoms with E-state index in [1.807, 2.05) is 6.92 Å². The summed E-state index contributed by atoms with van der Waals surface area (Å²) in [7, 11) is 1.72. The van der Waals surface area contributed by atoms with E-state index in [2.05, 4.69) is 20.6 Å². The molecule has 0 bridgehead atoms. The van der Waals surface area contributed by atoms with E-state index in [1.54, 1.807) is 18.4 Å². The van der Waals surface area contributed by atoms with Gasteiger partial charge in [0.2, 0.25) is 0 Å². The minimum absolute atomic E-state index is 0. The lowest BCUT2D eigenvalue weighted by Crippen LogP contribution is -2.42. The van der Waals surface area contributed by atoms with Crippen LogP contribution in [0.5, 0.6) is 0 Å². The number of thiazole rings is 1. The number of hydrogen-bond donors (Lipinski definition) is 1. The quantitative estimate of drug-likeness (QED) is 0.905. The SMILES string of the molecule is COC(C)c1nc(CN2CCNCC2)cs1.Cl.Cl.Cl. The molecule has 1 saturated heterocycles. The molecular formula is C11H22Cl3N3OS. The van der Waals surface area contributed by atoms with E-state index in [9.17, 15) is 0 Å². The van der Waals surface area contributed by atoms with Gasteiger partial charge in [0.1, 0.15) is 11.1 Å². The number of ether oxygens (including phenoxy) is 1. The molecule has 1 N–H and O–H groups in total. The van der Waals surface area contributed by atoms with Crippen LogP contribution in [-0.2, 0) is 11.3 Å². The van der Waals surface area contributed by atoms with Crippen LogP contribution < -0.4 is 5.32 Å². The number of halogens is 3. The summed E-state index contributed by atoms with van der Waals surface area (Å²) in [4.78, 5) is 7.04. The Hall–Kier alpha value is 0.380. The van der Waals surface area contributed by atoms with Crippen LogP contribution >= 0.6 is 48.6 Å². The minimum Gasteiger partial charge on any atom is -0.375 e. The zero-order valence-corrected chi connectivity index (χ0v) is 14.4. The molecule has 1 aromatic rings. The van der Waals surface area contributed by atoms with Crippen molar-refractivity contribution in [3.63, 3.8) is 0 Å². The van der Waals surface area contributed by atoms with Gasteiger partial charge in [0, 0.05) is 45.2 Å². The summed E-state index contributed by atoms with van der Waals surface area (Å²) in [6, 6.07) is 0. The summed E-state index contributed by atoms with van der Waals surface area (Å²) in [5, 5.41) is 6.58. The highest BCUT2D eigenvalue weighted by Gasteiger charge is 2.13. The number of hydrogen-bond acceptors (Lipinski definition) is 5. The van der Waals surface area contributed by atoms with E-state index >= 15 is 0 Å². The monoisotopic (exact) mass is 349 g/mol. The molecule has 1 unspecified atom stereocenters. The van der Waals surface area contributed by atoms with Gasteiger partial charge < -0.3 is 10.1 Å². The Morgan fingerprint density at radius 3 is 2.58 bits per heavy atom. The third-order valence-corrected chi connectivity index (χ3v) is 3.92. The first-order chi connectivity index (χ1) is 7.79. The molecule has 0 aromatic carbocycles. The fraction of sp³-hybridized carbons (Fsp3) is 0.727. The first-order valence-corrected chi connectivity index (χ1v) is 6.57. The topological polar surface area (TPSA) is 37.4 Å². The molecule has 114 valence electrons. The number of nitrogens with one attached hydrogen (secondary N) is 1. The second-order valence-electron chi connectivity index (χ2n) is 4.08. The maximum Gasteiger partial charge on any atom is 0.122 e. The number of rotatable bonds is 4. The molecule has 0 amide bonds. The lowest BCUT2D eigenvalue weighted by molar-refractivity contribution is 0.119. The van der Waals surface area contributed by atoms with Gasteiger partial charge in [-0.2, -0.15) is 0 Å². The van der Waals surface area contributed by atoms with Crippen molar-refractivity contribution in [1.29, 1.82) is 0 Å². The smallest absolute Gasteiger partial charge is 0.122 e. The maximum absolute atomic E-state index is 5.26. The molecule has 1 atom stereocenters. The highest BCUT2D eigenvalue weighted by molar-refractivity contribution is 7.09. The summed E-state index contributed by atoms with van der Waals surface area (Å²) in [6.07, 6.45) is 0.113. The summed E-state index contributed by atoms with van der Waals surface area (Å²) >= 11 is 1.69. The second kappa shape index (κ2) is 11.1. The van der Waals surface area contributed by atoms with Crippen LogP contribution in [0.25, 0.3) is 0 Å². The Bertz CT molecular complexity index is 335. The van der Waals surface area contributed by atoms with Crippen molar-refractivity contribution in [3.05, 3.63) is 16.1 Å². The lowest BCUT2D eigenvalue weighted by Gasteiger charge is -2.26. The van der Waals surface area contributed by atoms with Crippen molar-refractivity contribution in [3.8, 4) is 0 Å². The molecule has 8 heteroatoms. The van der Waals surface area contributed by atoms with Gasteiger partial charge in [-0.3, -0.25) is 4.90 Å². The molecule has 1 aliphatic rings. The maximum atomic E-state index is 5.26. The van der Waals surface area contributed by atoms with E-state index in [0.717, 1.165) is 37.7 Å². The fourth-order valence-corrected chi connectivity index (χ4v) is 2.62. The standard InChI is InChI=1S/C11H19N3OS.3ClH/c1-9(15-2)11-13-10(8-16-11)7-14-5-3-12-4-6-14;;;/h8-9,12H,3-7H2,1-2H3;3*1H. The Balaban J connectivity index is 0. The van der Waals surface area contributed by atoms with Crippen LogP contribution in [0.1, 0.15) is 23.7 Å². The summed E-state index contributed by atoms with van der Waals surface area (Å²) in [5.41, 5.74) is 1.17. The molecule has 0 saturated carbocycles. The fourth-order valence-electron chi connectivity index (χ4n) is 1.78. The number of piperazine rings is 1. The van der Waals surface area contributed by atoms with Gasteiger partial charge in [0.15, 0.2) is 0 Å². The molecule has 1 aliphatic heterocycles. The lowest BCUT2D eigenvalue weighted by atomic mass is 10.3. The highest BCUT2D eigenvalue weighted by Crippen LogP contribution is 2.21. The molecule has 4 nitrogen and oxygen atoms in total. The molecule has 0 radical (unpaired) electrons. The van der Waals surface area contributed by atoms with Crippen LogP contribution in [0.4, 0.5) is 0 Å². The predicted molar refractivity (Wildman–Crippen MR) is 87.4 cm³/mol. The normalized spacial score (nSPS) is 16.7. The van der Waals surface area contributed by atoms with Gasteiger partial charge in [-0.1, -0.05) is 0 Å². The predicted octanol–water partition coefficient (Wildman–Crippen LogP) is 2.52. The number of aromatic nitrogens is 1. The van der Waals surface area contributed by atoms with Crippen molar-refractivity contribution in [2.24, 2.45) is 0 Å². The van der Waals surface area contributed by atoms with E-state index in [1.165, 1.54) is 5.69 Å². The Morgan fingerprint density at radius 1 is 1.37 bits per heavy atom. The Morgan fingerprint density at radius 2 is 2.00 bits per heavy atom. The molecule has 1 fully saturated rings. The van der Waals surface area contributed by atoms with Gasteiger partial charge in [-0.05, 0) is 6.92 Å². The third-order valence-electron chi connectivity index (χ3n) is 2.87. The largest absolute Gasteiger partial charge is 0.375 e. The zero-order valence-electron chi connectivity index (χ0n) is 11.1. The summed E-state index contributed by atoms with van der Waals surface area (Å²) in [6.45, 7) is 7.42. The van der Waals surface area contributed by atoms with Crippen molar-refractivity contribution in [2.75, 3.05) is 33.3 Å². The summed E-state index contributed by atoms with van der Waals surface area (Å²) < 4.78 is 5.26. The van der Waals surface area contributed by atoms with Gasteiger partial charge in [0.05, 0.1) is 5.69 Å². The van der Waals surface area contributed by atoms with E-state index in [4.69, 9.17) is 4.74 Å². The van der Waals surface area contributed by atoms with E-state index in [0.29, 0.717) is 0 Å². The first-order valence-electron chi connectivity index (χ1n) is 5.70. The highest BCUT2D eigenvalue weighted by atomic mass is 35.5. The molecule has 0 aliphatic carbocycles. The zero-order chi connectivity index (χ0) is 11.4. The molecule has 2 rings (SSSR count). The van der Waals surface area contributed by atoms with E-state index < -0.39 is 0 Å². The van der Waals surface area contributed by atoms with E-state index in [-0.39, 0.29) is 43.3 Å². The van der Waals surface area contributed by atoms with Crippen molar-refractivity contribution >= 4 is 48.6 Å². The summed E-state index contributed by atoms with van der Waals surface area (Å²) in [5.74, 6) is 0. The van der Waals surface area contributed by atoms with Gasteiger partial charge in [0.25, 0.3) is 0 Å². The molecular weight excluding hydrogens is 329 g/mol. The van der Waals surface area contributed by atoms with Gasteiger partial charge in [-0.25, -0.2) is 4.98 Å². The third kappa shape index (κ3) is 6.58. The average Bonchev–Trinajstić information content (AvgIpc) is 2.78. The second-order valence-corrected chi connectivity index (χ2v) is 4.97. The van der Waals surface area contributed by atoms with Crippen LogP contribution in [0.15, 0.2) is 5.38 Å². The number of nitrogens with zero attached hydrogens (tertiary/aromatic N) is 2. The molecule has 2 heterocycles. The number of methoxy groups -OCH3 is 1. The average molecular weight is 351 g/mol. The van der Waals surface area contributed by atoms with Crippen LogP contribution in [0, 0.1) is 0 Å². The molecule has 0 spiro atoms. The van der Waals surface area contributed by atoms with Crippen LogP contribution in [0.2, 0.25) is 0 Å². The van der Waals surface area contributed by atoms with Crippen LogP contribution in [0.3, 0.4) is 0 Å². The minimum atomic E-state index is 0. The van der Waals surface area contributed by atoms with Gasteiger partial charge >= 0.3 is 0 Å².